The minimum atomic E-state index is -3.95. The first-order valence-corrected chi connectivity index (χ1v) is 16.1. The van der Waals surface area contributed by atoms with Crippen molar-refractivity contribution in [1.29, 1.82) is 0 Å². The third-order valence-electron chi connectivity index (χ3n) is 8.50. The van der Waals surface area contributed by atoms with Gasteiger partial charge in [-0.05, 0) is 0 Å². The molecule has 0 aliphatic rings. The van der Waals surface area contributed by atoms with Gasteiger partial charge in [-0.1, -0.05) is 0 Å². The van der Waals surface area contributed by atoms with Crippen molar-refractivity contribution in [2.24, 2.45) is 0 Å². The summed E-state index contributed by atoms with van der Waals surface area (Å²) in [6, 6.07) is 33.7. The van der Waals surface area contributed by atoms with Crippen LogP contribution < -0.4 is 3.32 Å². The van der Waals surface area contributed by atoms with Crippen LogP contribution in [0, 0.1) is 0 Å². The van der Waals surface area contributed by atoms with E-state index in [1.165, 1.54) is 16.7 Å². The average Bonchev–Trinajstić information content (AvgIpc) is 2.93. The summed E-state index contributed by atoms with van der Waals surface area (Å²) < 4.78 is 28.6. The van der Waals surface area contributed by atoms with Crippen molar-refractivity contribution >= 4 is 0 Å². The van der Waals surface area contributed by atoms with Crippen molar-refractivity contribution in [3.05, 3.63) is 136 Å². The number of rotatable bonds is 9. The first-order valence-electron chi connectivity index (χ1n) is 14.1. The Morgan fingerprint density at radius 1 is 0.600 bits per heavy atom. The van der Waals surface area contributed by atoms with Crippen LogP contribution in [0.3, 0.4) is 0 Å². The Labute approximate surface area is 247 Å². The topological polar surface area (TPSA) is 46.5 Å². The second-order valence-corrected chi connectivity index (χ2v) is 13.7. The first kappa shape index (κ1) is 30.1. The molecule has 0 aliphatic carbocycles. The summed E-state index contributed by atoms with van der Waals surface area (Å²) in [7, 11) is 0. The fourth-order valence-electron chi connectivity index (χ4n) is 6.22. The molecule has 0 radical (unpaired) electrons. The predicted octanol–water partition coefficient (Wildman–Crippen LogP) is 8.95. The molecule has 0 heterocycles. The molecule has 4 aromatic rings. The van der Waals surface area contributed by atoms with Gasteiger partial charge in [0.1, 0.15) is 0 Å². The molecule has 40 heavy (non-hydrogen) atoms. The van der Waals surface area contributed by atoms with Gasteiger partial charge >= 0.3 is 248 Å². The monoisotopic (exact) mass is 570 g/mol. The zero-order chi connectivity index (χ0) is 29.3. The molecule has 0 fully saturated rings. The quantitative estimate of drug-likeness (QED) is 0.204. The first-order chi connectivity index (χ1) is 18.8. The van der Waals surface area contributed by atoms with Crippen molar-refractivity contribution < 1.29 is 28.9 Å². The summed E-state index contributed by atoms with van der Waals surface area (Å²) in [6.07, 6.45) is 0. The fraction of sp³-hybridized carbons (Fsp3) is 0.333. The average molecular weight is 571 g/mol. The van der Waals surface area contributed by atoms with Crippen LogP contribution in [0.15, 0.2) is 97.1 Å². The van der Waals surface area contributed by atoms with E-state index in [1.807, 2.05) is 12.1 Å². The summed E-state index contributed by atoms with van der Waals surface area (Å²) in [5.74, 6) is 0.671. The van der Waals surface area contributed by atoms with Crippen LogP contribution in [0.25, 0.3) is 0 Å². The predicted molar refractivity (Wildman–Crippen MR) is 160 cm³/mol. The van der Waals surface area contributed by atoms with E-state index >= 15 is 0 Å². The molecule has 0 amide bonds. The molecule has 0 atom stereocenters. The molecule has 0 unspecified atom stereocenters. The van der Waals surface area contributed by atoms with Gasteiger partial charge in [0.25, 0.3) is 0 Å². The molecule has 0 spiro atoms. The van der Waals surface area contributed by atoms with Gasteiger partial charge in [0.15, 0.2) is 0 Å². The third kappa shape index (κ3) is 5.66. The molecule has 0 saturated carbocycles. The van der Waals surface area contributed by atoms with Gasteiger partial charge in [0, 0.05) is 0 Å². The van der Waals surface area contributed by atoms with E-state index in [2.05, 4.69) is 140 Å². The zero-order valence-corrected chi connectivity index (χ0v) is 26.6. The number of hydrogen-bond acceptors (Lipinski definition) is 2. The molecule has 0 saturated heterocycles. The van der Waals surface area contributed by atoms with Gasteiger partial charge in [-0.25, -0.2) is 0 Å². The second-order valence-electron chi connectivity index (χ2n) is 12.6. The summed E-state index contributed by atoms with van der Waals surface area (Å²) >= 11 is -3.95. The third-order valence-corrected chi connectivity index (χ3v) is 9.12. The zero-order valence-electron chi connectivity index (χ0n) is 25.1. The Morgan fingerprint density at radius 2 is 0.950 bits per heavy atom. The molecular formula is C36H42O3Ti. The van der Waals surface area contributed by atoms with Crippen LogP contribution >= 0.6 is 0 Å². The van der Waals surface area contributed by atoms with E-state index in [9.17, 15) is 7.01 Å². The van der Waals surface area contributed by atoms with E-state index in [4.69, 9.17) is 3.32 Å². The van der Waals surface area contributed by atoms with Crippen LogP contribution in [0.4, 0.5) is 0 Å². The van der Waals surface area contributed by atoms with E-state index < -0.39 is 29.4 Å². The Bertz CT molecular complexity index is 1470. The molecule has 4 heteroatoms. The maximum atomic E-state index is 12.4. The standard InChI is InChI=1S/C36H42O.H2O.O.Ti/c1-25(2)29-24-30(37)32(35(5,6)27-20-14-10-15-21-27)33(36(7,8)28-22-16-11-17-23-28)31(29)34(3,4)26-18-12-9-13-19-26;;;/h9-25,37H,1-8H3;1H2;;/q;;;+2/p-2. The minimum absolute atomic E-state index is 0.161. The van der Waals surface area contributed by atoms with E-state index in [0.29, 0.717) is 5.75 Å². The Morgan fingerprint density at radius 3 is 1.30 bits per heavy atom. The second kappa shape index (κ2) is 11.6. The van der Waals surface area contributed by atoms with Gasteiger partial charge < -0.3 is 0 Å². The number of hydrogen-bond donors (Lipinski definition) is 1. The van der Waals surface area contributed by atoms with Crippen molar-refractivity contribution in [3.8, 4) is 5.75 Å². The van der Waals surface area contributed by atoms with Crippen LogP contribution in [0.1, 0.15) is 100 Å². The SMILES string of the molecule is CC(C)c1cc([O][Ti](=[O])[OH])c(C(C)(C)c2ccccc2)c(C(C)(C)c2ccccc2)c1C(C)(C)c1ccccc1. The Kier molecular flexibility index (Phi) is 8.71. The molecule has 0 aliphatic heterocycles. The van der Waals surface area contributed by atoms with Gasteiger partial charge in [-0.15, -0.1) is 0 Å². The molecule has 0 bridgehead atoms. The summed E-state index contributed by atoms with van der Waals surface area (Å²) in [5, 5.41) is 0. The normalized spacial score (nSPS) is 12.4. The summed E-state index contributed by atoms with van der Waals surface area (Å²) in [4.78, 5) is 0. The molecule has 1 N–H and O–H groups in total. The fourth-order valence-corrected chi connectivity index (χ4v) is 6.77. The summed E-state index contributed by atoms with van der Waals surface area (Å²) in [5.41, 5.74) is 6.68. The molecule has 0 aromatic heterocycles. The van der Waals surface area contributed by atoms with Gasteiger partial charge in [-0.3, -0.25) is 0 Å². The van der Waals surface area contributed by atoms with Crippen LogP contribution in [0.2, 0.25) is 0 Å². The van der Waals surface area contributed by atoms with Crippen molar-refractivity contribution in [2.75, 3.05) is 0 Å². The van der Waals surface area contributed by atoms with E-state index in [1.54, 1.807) is 0 Å². The van der Waals surface area contributed by atoms with Crippen LogP contribution in [0.5, 0.6) is 5.75 Å². The number of benzene rings is 4. The van der Waals surface area contributed by atoms with E-state index in [0.717, 1.165) is 22.3 Å². The Hall–Kier alpha value is -2.85. The summed E-state index contributed by atoms with van der Waals surface area (Å²) in [6.45, 7) is 17.9. The van der Waals surface area contributed by atoms with Crippen molar-refractivity contribution in [3.63, 3.8) is 0 Å². The van der Waals surface area contributed by atoms with Crippen LogP contribution in [-0.2, 0) is 38.2 Å². The van der Waals surface area contributed by atoms with Crippen molar-refractivity contribution in [2.45, 2.75) is 77.6 Å². The Balaban J connectivity index is 2.28. The van der Waals surface area contributed by atoms with Gasteiger partial charge in [0.2, 0.25) is 0 Å². The van der Waals surface area contributed by atoms with Gasteiger partial charge in [0.05, 0.1) is 0 Å². The maximum absolute atomic E-state index is 12.4. The van der Waals surface area contributed by atoms with E-state index in [-0.39, 0.29) is 11.3 Å². The molecule has 4 aromatic carbocycles. The van der Waals surface area contributed by atoms with Crippen molar-refractivity contribution in [1.82, 2.24) is 0 Å². The molecule has 3 nitrogen and oxygen atoms in total. The molecular weight excluding hydrogens is 528 g/mol. The molecule has 208 valence electrons. The van der Waals surface area contributed by atoms with Gasteiger partial charge in [-0.2, -0.15) is 0 Å². The molecule has 4 rings (SSSR count). The van der Waals surface area contributed by atoms with Crippen LogP contribution in [-0.4, -0.2) is 3.69 Å².